The molecule has 0 fully saturated rings. The summed E-state index contributed by atoms with van der Waals surface area (Å²) in [5.41, 5.74) is 2.56. The average molecular weight is 250 g/mol. The zero-order valence-electron chi connectivity index (χ0n) is 12.5. The molecule has 0 saturated carbocycles. The predicted molar refractivity (Wildman–Crippen MR) is 78.8 cm³/mol. The minimum Gasteiger partial charge on any atom is -0.496 e. The van der Waals surface area contributed by atoms with Crippen LogP contribution in [0.3, 0.4) is 0 Å². The van der Waals surface area contributed by atoms with Crippen LogP contribution in [-0.4, -0.2) is 33.3 Å². The van der Waals surface area contributed by atoms with Crippen molar-refractivity contribution < 1.29 is 4.74 Å². The fraction of sp³-hybridized carbons (Fsp3) is 0.600. The first-order valence-electron chi connectivity index (χ1n) is 6.51. The Bertz CT molecular complexity index is 388. The largest absolute Gasteiger partial charge is 0.496 e. The number of aryl methyl sites for hydroxylation is 1. The SMILES string of the molecule is CCc1cc(N(C)C(C)(C)CNC)ccc1OC. The molecule has 0 heterocycles. The van der Waals surface area contributed by atoms with Crippen molar-refractivity contribution >= 4 is 5.69 Å². The quantitative estimate of drug-likeness (QED) is 0.840. The van der Waals surface area contributed by atoms with Gasteiger partial charge in [0.2, 0.25) is 0 Å². The van der Waals surface area contributed by atoms with Gasteiger partial charge in [-0.2, -0.15) is 0 Å². The zero-order valence-corrected chi connectivity index (χ0v) is 12.5. The van der Waals surface area contributed by atoms with Crippen molar-refractivity contribution in [3.8, 4) is 5.75 Å². The molecule has 0 aromatic heterocycles. The molecule has 0 amide bonds. The van der Waals surface area contributed by atoms with Crippen LogP contribution < -0.4 is 15.0 Å². The molecule has 1 aromatic rings. The molecule has 18 heavy (non-hydrogen) atoms. The van der Waals surface area contributed by atoms with Crippen molar-refractivity contribution in [1.82, 2.24) is 5.32 Å². The van der Waals surface area contributed by atoms with Crippen LogP contribution in [0.5, 0.6) is 5.75 Å². The summed E-state index contributed by atoms with van der Waals surface area (Å²) in [6.07, 6.45) is 0.983. The normalized spacial score (nSPS) is 11.4. The summed E-state index contributed by atoms with van der Waals surface area (Å²) in [4.78, 5) is 2.31. The highest BCUT2D eigenvalue weighted by Gasteiger charge is 2.23. The van der Waals surface area contributed by atoms with E-state index in [0.29, 0.717) is 0 Å². The highest BCUT2D eigenvalue weighted by molar-refractivity contribution is 5.54. The molecule has 0 aliphatic rings. The Morgan fingerprint density at radius 2 is 2.00 bits per heavy atom. The maximum Gasteiger partial charge on any atom is 0.122 e. The molecule has 0 saturated heterocycles. The van der Waals surface area contributed by atoms with Gasteiger partial charge in [-0.1, -0.05) is 6.92 Å². The Morgan fingerprint density at radius 3 is 2.50 bits per heavy atom. The van der Waals surface area contributed by atoms with Crippen molar-refractivity contribution in [2.75, 3.05) is 32.6 Å². The molecule has 0 unspecified atom stereocenters. The number of nitrogens with zero attached hydrogens (tertiary/aromatic N) is 1. The summed E-state index contributed by atoms with van der Waals surface area (Å²) in [5, 5.41) is 3.24. The van der Waals surface area contributed by atoms with Crippen LogP contribution in [0.25, 0.3) is 0 Å². The summed E-state index contributed by atoms with van der Waals surface area (Å²) in [7, 11) is 5.85. The first-order chi connectivity index (χ1) is 8.46. The molecule has 0 radical (unpaired) electrons. The number of methoxy groups -OCH3 is 1. The van der Waals surface area contributed by atoms with E-state index in [0.717, 1.165) is 18.7 Å². The fourth-order valence-corrected chi connectivity index (χ4v) is 2.15. The van der Waals surface area contributed by atoms with Gasteiger partial charge in [-0.25, -0.2) is 0 Å². The molecular formula is C15H26N2O. The molecule has 102 valence electrons. The molecule has 3 nitrogen and oxygen atoms in total. The molecule has 1 rings (SSSR count). The van der Waals surface area contributed by atoms with Gasteiger partial charge in [0.25, 0.3) is 0 Å². The summed E-state index contributed by atoms with van der Waals surface area (Å²) >= 11 is 0. The Labute approximate surface area is 111 Å². The lowest BCUT2D eigenvalue weighted by Crippen LogP contribution is -2.48. The van der Waals surface area contributed by atoms with Crippen molar-refractivity contribution in [2.45, 2.75) is 32.7 Å². The predicted octanol–water partition coefficient (Wildman–Crippen LogP) is 2.69. The lowest BCUT2D eigenvalue weighted by atomic mass is 10.0. The molecule has 1 N–H and O–H groups in total. The highest BCUT2D eigenvalue weighted by Crippen LogP contribution is 2.28. The molecule has 1 aromatic carbocycles. The summed E-state index contributed by atoms with van der Waals surface area (Å²) in [6, 6.07) is 6.39. The maximum absolute atomic E-state index is 5.37. The first-order valence-corrected chi connectivity index (χ1v) is 6.51. The Morgan fingerprint density at radius 1 is 1.33 bits per heavy atom. The van der Waals surface area contributed by atoms with Gasteiger partial charge < -0.3 is 15.0 Å². The number of nitrogens with one attached hydrogen (secondary N) is 1. The van der Waals surface area contributed by atoms with Crippen LogP contribution in [0.1, 0.15) is 26.3 Å². The smallest absolute Gasteiger partial charge is 0.122 e. The molecular weight excluding hydrogens is 224 g/mol. The lowest BCUT2D eigenvalue weighted by molar-refractivity contribution is 0.409. The maximum atomic E-state index is 5.37. The number of rotatable bonds is 6. The summed E-state index contributed by atoms with van der Waals surface area (Å²) < 4.78 is 5.37. The monoisotopic (exact) mass is 250 g/mol. The van der Waals surface area contributed by atoms with Gasteiger partial charge >= 0.3 is 0 Å². The molecule has 0 atom stereocenters. The van der Waals surface area contributed by atoms with E-state index in [9.17, 15) is 0 Å². The van der Waals surface area contributed by atoms with Gasteiger partial charge in [0.1, 0.15) is 5.75 Å². The molecule has 3 heteroatoms. The fourth-order valence-electron chi connectivity index (χ4n) is 2.15. The van der Waals surface area contributed by atoms with Crippen molar-refractivity contribution in [1.29, 1.82) is 0 Å². The number of benzene rings is 1. The second-order valence-electron chi connectivity index (χ2n) is 5.25. The van der Waals surface area contributed by atoms with Crippen LogP contribution in [-0.2, 0) is 6.42 Å². The lowest BCUT2D eigenvalue weighted by Gasteiger charge is -2.37. The third kappa shape index (κ3) is 3.16. The molecule has 0 bridgehead atoms. The summed E-state index contributed by atoms with van der Waals surface area (Å²) in [6.45, 7) is 7.57. The van der Waals surface area contributed by atoms with Crippen LogP contribution in [0.4, 0.5) is 5.69 Å². The summed E-state index contributed by atoms with van der Waals surface area (Å²) in [5.74, 6) is 0.973. The number of hydrogen-bond donors (Lipinski definition) is 1. The average Bonchev–Trinajstić information content (AvgIpc) is 2.36. The van der Waals surface area contributed by atoms with Gasteiger partial charge in [0.15, 0.2) is 0 Å². The van der Waals surface area contributed by atoms with Crippen molar-refractivity contribution in [2.24, 2.45) is 0 Å². The minimum absolute atomic E-state index is 0.0777. The van der Waals surface area contributed by atoms with Gasteiger partial charge in [-0.05, 0) is 51.1 Å². The van der Waals surface area contributed by atoms with E-state index in [4.69, 9.17) is 4.74 Å². The van der Waals surface area contributed by atoms with E-state index in [1.807, 2.05) is 7.05 Å². The van der Waals surface area contributed by atoms with Crippen LogP contribution >= 0.6 is 0 Å². The number of ether oxygens (including phenoxy) is 1. The third-order valence-corrected chi connectivity index (χ3v) is 3.55. The van der Waals surface area contributed by atoms with E-state index < -0.39 is 0 Å². The second-order valence-corrected chi connectivity index (χ2v) is 5.25. The first kappa shape index (κ1) is 14.8. The van der Waals surface area contributed by atoms with Crippen LogP contribution in [0.2, 0.25) is 0 Å². The van der Waals surface area contributed by atoms with Gasteiger partial charge in [-0.3, -0.25) is 0 Å². The zero-order chi connectivity index (χ0) is 13.8. The molecule has 0 aliphatic carbocycles. The third-order valence-electron chi connectivity index (χ3n) is 3.55. The Kier molecular flexibility index (Phi) is 5.03. The van der Waals surface area contributed by atoms with Gasteiger partial charge in [0, 0.05) is 24.8 Å². The molecule has 0 spiro atoms. The Hall–Kier alpha value is -1.22. The second kappa shape index (κ2) is 6.10. The number of likely N-dealkylation sites (N-methyl/N-ethyl adjacent to an activating group) is 2. The highest BCUT2D eigenvalue weighted by atomic mass is 16.5. The Balaban J connectivity index is 3.03. The van der Waals surface area contributed by atoms with Crippen molar-refractivity contribution in [3.63, 3.8) is 0 Å². The topological polar surface area (TPSA) is 24.5 Å². The van der Waals surface area contributed by atoms with Gasteiger partial charge in [-0.15, -0.1) is 0 Å². The minimum atomic E-state index is 0.0777. The van der Waals surface area contributed by atoms with E-state index in [-0.39, 0.29) is 5.54 Å². The van der Waals surface area contributed by atoms with Crippen LogP contribution in [0, 0.1) is 0 Å². The van der Waals surface area contributed by atoms with E-state index >= 15 is 0 Å². The van der Waals surface area contributed by atoms with Gasteiger partial charge in [0.05, 0.1) is 7.11 Å². The van der Waals surface area contributed by atoms with E-state index in [2.05, 4.69) is 56.2 Å². The number of hydrogen-bond acceptors (Lipinski definition) is 3. The van der Waals surface area contributed by atoms with Crippen molar-refractivity contribution in [3.05, 3.63) is 23.8 Å². The molecule has 0 aliphatic heterocycles. The van der Waals surface area contributed by atoms with E-state index in [1.54, 1.807) is 7.11 Å². The standard InChI is InChI=1S/C15H26N2O/c1-7-12-10-13(8-9-14(12)18-6)17(5)15(2,3)11-16-4/h8-10,16H,7,11H2,1-6H3. The van der Waals surface area contributed by atoms with E-state index in [1.165, 1.54) is 11.3 Å². The number of anilines is 1. The van der Waals surface area contributed by atoms with Crippen LogP contribution in [0.15, 0.2) is 18.2 Å².